The van der Waals surface area contributed by atoms with Gasteiger partial charge in [0.05, 0.1) is 29.1 Å². The molecule has 0 bridgehead atoms. The van der Waals surface area contributed by atoms with E-state index in [0.29, 0.717) is 0 Å². The first-order valence-electron chi connectivity index (χ1n) is 9.56. The van der Waals surface area contributed by atoms with E-state index in [2.05, 4.69) is 10.3 Å². The predicted molar refractivity (Wildman–Crippen MR) is 112 cm³/mol. The number of hydrogen-bond donors (Lipinski definition) is 2. The van der Waals surface area contributed by atoms with Crippen LogP contribution in [-0.2, 0) is 19.3 Å². The molecule has 1 aromatic carbocycles. The third-order valence-corrected chi connectivity index (χ3v) is 6.43. The van der Waals surface area contributed by atoms with E-state index in [9.17, 15) is 26.6 Å². The van der Waals surface area contributed by atoms with Crippen LogP contribution >= 0.6 is 0 Å². The molecule has 0 aliphatic carbocycles. The Morgan fingerprint density at radius 1 is 1.33 bits per heavy atom. The van der Waals surface area contributed by atoms with Crippen LogP contribution in [0, 0.1) is 16.4 Å². The Morgan fingerprint density at radius 2 is 2.03 bits per heavy atom. The topological polar surface area (TPSA) is 105 Å². The summed E-state index contributed by atoms with van der Waals surface area (Å²) in [6.07, 6.45) is -1.05. The number of carbonyl (C=O) groups is 1. The molecule has 0 unspecified atom stereocenters. The number of pyridine rings is 1. The first kappa shape index (κ1) is 24.7. The van der Waals surface area contributed by atoms with Crippen molar-refractivity contribution in [3.05, 3.63) is 42.1 Å². The number of nitrogens with zero attached hydrogens (tertiary/aromatic N) is 2. The highest BCUT2D eigenvalue weighted by atomic mass is 32.2. The molecule has 0 radical (unpaired) electrons. The maximum Gasteiger partial charge on any atom is 0.268 e. The molecule has 3 rings (SSSR count). The van der Waals surface area contributed by atoms with Crippen LogP contribution in [0.15, 0.2) is 35.5 Å². The maximum atomic E-state index is 14.3. The number of benzene rings is 1. The number of rotatable bonds is 7. The number of carbonyl (C=O) groups excluding carboxylic acids is 1. The summed E-state index contributed by atoms with van der Waals surface area (Å²) in [6, 6.07) is 3.27. The van der Waals surface area contributed by atoms with E-state index in [1.54, 1.807) is 0 Å². The fourth-order valence-electron chi connectivity index (χ4n) is 3.65. The minimum atomic E-state index is -3.17. The smallest absolute Gasteiger partial charge is 0.268 e. The Balaban J connectivity index is 2.02. The number of halogens is 4. The summed E-state index contributed by atoms with van der Waals surface area (Å²) in [4.78, 5) is 18.1. The molecular weight excluding hydrogens is 468 g/mol. The molecule has 13 heteroatoms. The molecule has 1 aliphatic rings. The molecule has 2 aromatic rings. The van der Waals surface area contributed by atoms with Crippen molar-refractivity contribution >= 4 is 27.0 Å². The molecule has 2 heterocycles. The van der Waals surface area contributed by atoms with Crippen LogP contribution in [0.1, 0.15) is 6.42 Å². The van der Waals surface area contributed by atoms with E-state index < -0.39 is 64.1 Å². The van der Waals surface area contributed by atoms with Crippen LogP contribution in [0.25, 0.3) is 0 Å². The van der Waals surface area contributed by atoms with Gasteiger partial charge in [0, 0.05) is 31.7 Å². The first-order chi connectivity index (χ1) is 15.4. The lowest BCUT2D eigenvalue weighted by molar-refractivity contribution is -0.122. The van der Waals surface area contributed by atoms with Gasteiger partial charge in [-0.1, -0.05) is 0 Å². The highest BCUT2D eigenvalue weighted by Gasteiger charge is 2.53. The number of hydrogen-bond acceptors (Lipinski definition) is 7. The summed E-state index contributed by atoms with van der Waals surface area (Å²) in [5.41, 5.74) is -2.02. The lowest BCUT2D eigenvalue weighted by atomic mass is 10.00. The second-order valence-electron chi connectivity index (χ2n) is 7.55. The van der Waals surface area contributed by atoms with Crippen molar-refractivity contribution in [1.29, 1.82) is 4.78 Å². The van der Waals surface area contributed by atoms with Gasteiger partial charge in [-0.2, -0.15) is 4.39 Å². The average Bonchev–Trinajstić information content (AvgIpc) is 3.16. The molecule has 8 nitrogen and oxygen atoms in total. The molecule has 1 saturated heterocycles. The second kappa shape index (κ2) is 9.14. The largest absolute Gasteiger partial charge is 0.491 e. The summed E-state index contributed by atoms with van der Waals surface area (Å²) in [7, 11) is -1.01. The van der Waals surface area contributed by atoms with Gasteiger partial charge in [-0.15, -0.1) is 0 Å². The van der Waals surface area contributed by atoms with E-state index in [1.807, 2.05) is 0 Å². The quantitative estimate of drug-likeness (QED) is 0.578. The van der Waals surface area contributed by atoms with Crippen molar-refractivity contribution in [2.75, 3.05) is 37.2 Å². The summed E-state index contributed by atoms with van der Waals surface area (Å²) in [5.74, 6) is -3.83. The number of alkyl halides is 2. The lowest BCUT2D eigenvalue weighted by Gasteiger charge is -2.29. The average molecular weight is 490 g/mol. The van der Waals surface area contributed by atoms with Gasteiger partial charge in [0.25, 0.3) is 6.43 Å². The highest BCUT2D eigenvalue weighted by molar-refractivity contribution is 7.91. The third kappa shape index (κ3) is 4.74. The van der Waals surface area contributed by atoms with Crippen LogP contribution in [0.2, 0.25) is 0 Å². The molecular formula is C20H22F4N4O4S. The number of amides is 1. The van der Waals surface area contributed by atoms with E-state index >= 15 is 0 Å². The maximum absolute atomic E-state index is 14.3. The van der Waals surface area contributed by atoms with Gasteiger partial charge < -0.3 is 19.7 Å². The zero-order chi connectivity index (χ0) is 24.6. The fourth-order valence-corrected chi connectivity index (χ4v) is 4.26. The number of aromatic nitrogens is 1. The number of methoxy groups -OCH3 is 2. The summed E-state index contributed by atoms with van der Waals surface area (Å²) < 4.78 is 85.6. The molecule has 3 atom stereocenters. The Hall–Kier alpha value is -2.93. The van der Waals surface area contributed by atoms with E-state index in [-0.39, 0.29) is 16.4 Å². The van der Waals surface area contributed by atoms with Crippen molar-refractivity contribution < 1.29 is 36.0 Å². The zero-order valence-corrected chi connectivity index (χ0v) is 18.7. The van der Waals surface area contributed by atoms with Crippen LogP contribution < -0.4 is 15.0 Å². The SMILES string of the molecule is COc1c(N2C[C@](OC)(C(F)F)C[C@H]2C(=O)Nc2ccnc([S@](C)(=N)=O)c2)ccc(F)c1F. The van der Waals surface area contributed by atoms with Crippen LogP contribution in [0.5, 0.6) is 5.75 Å². The van der Waals surface area contributed by atoms with Crippen molar-refractivity contribution in [2.45, 2.75) is 29.5 Å². The number of anilines is 2. The van der Waals surface area contributed by atoms with Gasteiger partial charge >= 0.3 is 0 Å². The summed E-state index contributed by atoms with van der Waals surface area (Å²) in [6.45, 7) is -0.502. The van der Waals surface area contributed by atoms with Gasteiger partial charge in [0.2, 0.25) is 11.7 Å². The van der Waals surface area contributed by atoms with Crippen molar-refractivity contribution in [2.24, 2.45) is 0 Å². The molecule has 1 fully saturated rings. The van der Waals surface area contributed by atoms with E-state index in [4.69, 9.17) is 14.3 Å². The Bertz CT molecular complexity index is 1160. The minimum absolute atomic E-state index is 0.0790. The van der Waals surface area contributed by atoms with Crippen LogP contribution in [-0.4, -0.2) is 60.2 Å². The Morgan fingerprint density at radius 3 is 2.61 bits per heavy atom. The van der Waals surface area contributed by atoms with Crippen molar-refractivity contribution in [1.82, 2.24) is 4.98 Å². The molecule has 33 heavy (non-hydrogen) atoms. The first-order valence-corrected chi connectivity index (χ1v) is 11.5. The van der Waals surface area contributed by atoms with Crippen molar-refractivity contribution in [3.8, 4) is 5.75 Å². The molecule has 180 valence electrons. The standard InChI is InChI=1S/C20H22F4N4O4S/c1-31-17-13(5-4-12(21)16(17)22)28-10-20(32-2,19(23)24)9-14(28)18(29)27-11-6-7-26-15(8-11)33(3,25)30/h4-8,14,19,25H,9-10H2,1-3H3,(H,26,27,29)/t14-,20-,33+/m0/s1. The minimum Gasteiger partial charge on any atom is -0.491 e. The van der Waals surface area contributed by atoms with Crippen LogP contribution in [0.4, 0.5) is 28.9 Å². The third-order valence-electron chi connectivity index (χ3n) is 5.40. The monoisotopic (exact) mass is 490 g/mol. The second-order valence-corrected chi connectivity index (χ2v) is 9.65. The molecule has 0 spiro atoms. The summed E-state index contributed by atoms with van der Waals surface area (Å²) in [5, 5.41) is 2.44. The molecule has 1 aromatic heterocycles. The Labute approximate surface area is 187 Å². The molecule has 0 saturated carbocycles. The van der Waals surface area contributed by atoms with Crippen molar-refractivity contribution in [3.63, 3.8) is 0 Å². The van der Waals surface area contributed by atoms with Gasteiger partial charge in [0.1, 0.15) is 16.7 Å². The lowest BCUT2D eigenvalue weighted by Crippen LogP contribution is -2.42. The highest BCUT2D eigenvalue weighted by Crippen LogP contribution is 2.42. The van der Waals surface area contributed by atoms with Gasteiger partial charge in [-0.05, 0) is 24.3 Å². The molecule has 1 amide bonds. The number of nitrogens with one attached hydrogen (secondary N) is 2. The normalized spacial score (nSPS) is 22.3. The van der Waals surface area contributed by atoms with E-state index in [1.165, 1.54) is 23.2 Å². The molecule has 1 aliphatic heterocycles. The van der Waals surface area contributed by atoms with Gasteiger partial charge in [0.15, 0.2) is 11.6 Å². The van der Waals surface area contributed by atoms with E-state index in [0.717, 1.165) is 32.6 Å². The zero-order valence-electron chi connectivity index (χ0n) is 17.9. The number of ether oxygens (including phenoxy) is 2. The van der Waals surface area contributed by atoms with Gasteiger partial charge in [-0.3, -0.25) is 4.79 Å². The summed E-state index contributed by atoms with van der Waals surface area (Å²) >= 11 is 0. The molecule has 2 N–H and O–H groups in total. The van der Waals surface area contributed by atoms with Gasteiger partial charge in [-0.25, -0.2) is 27.1 Å². The fraction of sp³-hybridized carbons (Fsp3) is 0.400. The van der Waals surface area contributed by atoms with Crippen LogP contribution in [0.3, 0.4) is 0 Å². The Kier molecular flexibility index (Phi) is 6.84. The predicted octanol–water partition coefficient (Wildman–Crippen LogP) is 3.27.